The van der Waals surface area contributed by atoms with Crippen LogP contribution < -0.4 is 4.74 Å². The van der Waals surface area contributed by atoms with Gasteiger partial charge in [-0.3, -0.25) is 4.90 Å². The molecule has 0 saturated carbocycles. The molecule has 0 amide bonds. The Labute approximate surface area is 115 Å². The van der Waals surface area contributed by atoms with Gasteiger partial charge < -0.3 is 4.74 Å². The molecule has 0 aliphatic carbocycles. The number of fused-ring (bicyclic) bond motifs is 1. The summed E-state index contributed by atoms with van der Waals surface area (Å²) in [6, 6.07) is 6.45. The summed E-state index contributed by atoms with van der Waals surface area (Å²) in [5, 5.41) is 0. The van der Waals surface area contributed by atoms with Crippen molar-refractivity contribution in [1.82, 2.24) is 4.90 Å². The van der Waals surface area contributed by atoms with E-state index in [1.165, 1.54) is 11.1 Å². The summed E-state index contributed by atoms with van der Waals surface area (Å²) in [6.07, 6.45) is 2.48. The number of ether oxygens (including phenoxy) is 1. The number of aryl methyl sites for hydroxylation is 1. The van der Waals surface area contributed by atoms with E-state index in [2.05, 4.69) is 36.9 Å². The minimum Gasteiger partial charge on any atom is -0.488 e. The molecule has 1 aliphatic heterocycles. The maximum absolute atomic E-state index is 6.00. The minimum absolute atomic E-state index is 0.288. The van der Waals surface area contributed by atoms with Crippen LogP contribution in [0, 0.1) is 6.92 Å². The van der Waals surface area contributed by atoms with Crippen LogP contribution >= 0.6 is 11.6 Å². The lowest BCUT2D eigenvalue weighted by Crippen LogP contribution is -2.36. The molecule has 0 bridgehead atoms. The minimum atomic E-state index is 0.288. The second kappa shape index (κ2) is 6.44. The first-order valence-corrected chi connectivity index (χ1v) is 7.31. The van der Waals surface area contributed by atoms with E-state index in [9.17, 15) is 0 Å². The fourth-order valence-corrected chi connectivity index (χ4v) is 2.81. The largest absolute Gasteiger partial charge is 0.488 e. The van der Waals surface area contributed by atoms with Gasteiger partial charge in [-0.2, -0.15) is 0 Å². The first-order valence-electron chi connectivity index (χ1n) is 6.77. The highest BCUT2D eigenvalue weighted by atomic mass is 35.5. The summed E-state index contributed by atoms with van der Waals surface area (Å²) in [5.41, 5.74) is 2.66. The summed E-state index contributed by atoms with van der Waals surface area (Å²) in [4.78, 5) is 2.40. The fourth-order valence-electron chi connectivity index (χ4n) is 2.57. The van der Waals surface area contributed by atoms with Crippen molar-refractivity contribution in [2.24, 2.45) is 0 Å². The maximum Gasteiger partial charge on any atom is 0.123 e. The summed E-state index contributed by atoms with van der Waals surface area (Å²) in [5.74, 6) is 1.76. The topological polar surface area (TPSA) is 12.5 Å². The van der Waals surface area contributed by atoms with Gasteiger partial charge in [-0.1, -0.05) is 24.6 Å². The Morgan fingerprint density at radius 1 is 1.39 bits per heavy atom. The van der Waals surface area contributed by atoms with Crippen LogP contribution in [0.3, 0.4) is 0 Å². The molecule has 1 aromatic carbocycles. The molecular formula is C15H22ClNO. The van der Waals surface area contributed by atoms with Crippen molar-refractivity contribution < 1.29 is 4.74 Å². The number of hydrogen-bond acceptors (Lipinski definition) is 2. The molecule has 2 rings (SSSR count). The zero-order valence-corrected chi connectivity index (χ0v) is 12.0. The average Bonchev–Trinajstić information content (AvgIpc) is 2.71. The third-order valence-electron chi connectivity index (χ3n) is 3.36. The maximum atomic E-state index is 6.00. The fraction of sp³-hybridized carbons (Fsp3) is 0.600. The van der Waals surface area contributed by atoms with Crippen molar-refractivity contribution in [2.45, 2.75) is 32.8 Å². The molecule has 1 unspecified atom stereocenters. The molecule has 1 heterocycles. The Balaban J connectivity index is 1.93. The Morgan fingerprint density at radius 3 is 2.94 bits per heavy atom. The predicted octanol–water partition coefficient (Wildman–Crippen LogP) is 3.25. The third kappa shape index (κ3) is 3.39. The lowest BCUT2D eigenvalue weighted by molar-refractivity contribution is 0.155. The van der Waals surface area contributed by atoms with Crippen LogP contribution in [-0.2, 0) is 6.42 Å². The monoisotopic (exact) mass is 267 g/mol. The Hall–Kier alpha value is -0.730. The smallest absolute Gasteiger partial charge is 0.123 e. The van der Waals surface area contributed by atoms with Crippen molar-refractivity contribution in [3.05, 3.63) is 29.3 Å². The lowest BCUT2D eigenvalue weighted by atomic mass is 10.1. The molecule has 0 radical (unpaired) electrons. The van der Waals surface area contributed by atoms with Crippen LogP contribution in [0.25, 0.3) is 0 Å². The van der Waals surface area contributed by atoms with E-state index in [4.69, 9.17) is 16.3 Å². The zero-order chi connectivity index (χ0) is 13.0. The number of alkyl halides is 1. The van der Waals surface area contributed by atoms with Gasteiger partial charge in [0.2, 0.25) is 0 Å². The van der Waals surface area contributed by atoms with E-state index in [1.807, 2.05) is 0 Å². The first kappa shape index (κ1) is 13.7. The number of halogens is 1. The predicted molar refractivity (Wildman–Crippen MR) is 76.8 cm³/mol. The highest BCUT2D eigenvalue weighted by Crippen LogP contribution is 2.29. The van der Waals surface area contributed by atoms with E-state index < -0.39 is 0 Å². The Bertz CT molecular complexity index is 388. The first-order chi connectivity index (χ1) is 8.72. The molecular weight excluding hydrogens is 246 g/mol. The zero-order valence-electron chi connectivity index (χ0n) is 11.3. The Kier molecular flexibility index (Phi) is 4.90. The van der Waals surface area contributed by atoms with Gasteiger partial charge in [-0.25, -0.2) is 0 Å². The standard InChI is InChI=1S/C15H22ClNO/c1-3-7-17(8-6-16)11-14-10-13-9-12(2)4-5-15(13)18-14/h4-5,9,14H,3,6-8,10-11H2,1-2H3. The second-order valence-corrected chi connectivity index (χ2v) is 5.42. The molecule has 1 aliphatic rings. The van der Waals surface area contributed by atoms with Gasteiger partial charge in [0.1, 0.15) is 11.9 Å². The van der Waals surface area contributed by atoms with Gasteiger partial charge in [0, 0.05) is 25.4 Å². The molecule has 100 valence electrons. The lowest BCUT2D eigenvalue weighted by Gasteiger charge is -2.23. The van der Waals surface area contributed by atoms with E-state index in [0.717, 1.165) is 38.2 Å². The molecule has 0 N–H and O–H groups in total. The quantitative estimate of drug-likeness (QED) is 0.734. The van der Waals surface area contributed by atoms with Crippen LogP contribution in [0.1, 0.15) is 24.5 Å². The van der Waals surface area contributed by atoms with Gasteiger partial charge in [0.15, 0.2) is 0 Å². The summed E-state index contributed by atoms with van der Waals surface area (Å²) >= 11 is 5.84. The molecule has 0 aromatic heterocycles. The highest BCUT2D eigenvalue weighted by molar-refractivity contribution is 6.18. The van der Waals surface area contributed by atoms with Gasteiger partial charge >= 0.3 is 0 Å². The van der Waals surface area contributed by atoms with Crippen LogP contribution in [-0.4, -0.2) is 36.5 Å². The molecule has 18 heavy (non-hydrogen) atoms. The number of rotatable bonds is 6. The van der Waals surface area contributed by atoms with Crippen molar-refractivity contribution in [3.8, 4) is 5.75 Å². The van der Waals surface area contributed by atoms with Crippen molar-refractivity contribution in [3.63, 3.8) is 0 Å². The average molecular weight is 268 g/mol. The number of benzene rings is 1. The van der Waals surface area contributed by atoms with E-state index >= 15 is 0 Å². The van der Waals surface area contributed by atoms with Gasteiger partial charge in [-0.05, 0) is 31.5 Å². The van der Waals surface area contributed by atoms with Gasteiger partial charge in [0.05, 0.1) is 0 Å². The van der Waals surface area contributed by atoms with Gasteiger partial charge in [0.25, 0.3) is 0 Å². The van der Waals surface area contributed by atoms with Crippen LogP contribution in [0.5, 0.6) is 5.75 Å². The molecule has 2 nitrogen and oxygen atoms in total. The molecule has 0 saturated heterocycles. The van der Waals surface area contributed by atoms with Crippen molar-refractivity contribution in [1.29, 1.82) is 0 Å². The SMILES string of the molecule is CCCN(CCCl)CC1Cc2cc(C)ccc2O1. The summed E-state index contributed by atoms with van der Waals surface area (Å²) in [7, 11) is 0. The summed E-state index contributed by atoms with van der Waals surface area (Å²) in [6.45, 7) is 7.36. The number of nitrogens with zero attached hydrogens (tertiary/aromatic N) is 1. The van der Waals surface area contributed by atoms with Crippen molar-refractivity contribution >= 4 is 11.6 Å². The van der Waals surface area contributed by atoms with E-state index in [0.29, 0.717) is 5.88 Å². The summed E-state index contributed by atoms with van der Waals surface area (Å²) < 4.78 is 6.00. The highest BCUT2D eigenvalue weighted by Gasteiger charge is 2.24. The normalized spacial score (nSPS) is 17.9. The van der Waals surface area contributed by atoms with E-state index in [-0.39, 0.29) is 6.10 Å². The molecule has 1 atom stereocenters. The van der Waals surface area contributed by atoms with Crippen LogP contribution in [0.2, 0.25) is 0 Å². The molecule has 0 fully saturated rings. The molecule has 0 spiro atoms. The molecule has 3 heteroatoms. The van der Waals surface area contributed by atoms with Crippen LogP contribution in [0.15, 0.2) is 18.2 Å². The van der Waals surface area contributed by atoms with Crippen molar-refractivity contribution in [2.75, 3.05) is 25.5 Å². The third-order valence-corrected chi connectivity index (χ3v) is 3.53. The Morgan fingerprint density at radius 2 is 2.22 bits per heavy atom. The molecule has 1 aromatic rings. The van der Waals surface area contributed by atoms with Crippen LogP contribution in [0.4, 0.5) is 0 Å². The number of hydrogen-bond donors (Lipinski definition) is 0. The van der Waals surface area contributed by atoms with E-state index in [1.54, 1.807) is 0 Å². The van der Waals surface area contributed by atoms with Gasteiger partial charge in [-0.15, -0.1) is 11.6 Å². The second-order valence-electron chi connectivity index (χ2n) is 5.04.